The molecular weight excluding hydrogens is 765 g/mol. The number of hydrogen-bond donors (Lipinski definition) is 0. The van der Waals surface area contributed by atoms with Crippen molar-refractivity contribution in [2.24, 2.45) is 97.1 Å². The van der Waals surface area contributed by atoms with E-state index < -0.39 is 0 Å². The SMILES string of the molecule is CC(C)CCC[C@@]1(C)C[C@@H]1C=O.CC(CC=O)CC[C@@H]1CC1(C)C.CC(CC=O)CC[C@H]1CC1(C)C.CC1(C)C[C@@H]1CC[C@@]1(C)C[C@H]1C=O.CC1(C)C[C@@H]1CC[C@]1(C)C[C@H]1C=O. The molecule has 0 heterocycles. The first-order chi connectivity index (χ1) is 28.7. The summed E-state index contributed by atoms with van der Waals surface area (Å²) in [5.74, 6) is 6.90. The first-order valence-electron chi connectivity index (χ1n) is 25.9. The zero-order chi connectivity index (χ0) is 47.0. The van der Waals surface area contributed by atoms with Crippen LogP contribution in [0.5, 0.6) is 0 Å². The fourth-order valence-corrected chi connectivity index (χ4v) is 10.6. The van der Waals surface area contributed by atoms with E-state index in [0.29, 0.717) is 67.5 Å². The van der Waals surface area contributed by atoms with Crippen molar-refractivity contribution in [3.8, 4) is 0 Å². The van der Waals surface area contributed by atoms with Crippen LogP contribution in [0.15, 0.2) is 0 Å². The van der Waals surface area contributed by atoms with E-state index in [1.165, 1.54) is 96.3 Å². The van der Waals surface area contributed by atoms with Crippen LogP contribution in [-0.4, -0.2) is 31.4 Å². The van der Waals surface area contributed by atoms with E-state index in [0.717, 1.165) is 93.1 Å². The molecule has 0 aromatic heterocycles. The monoisotopic (exact) mass is 865 g/mol. The minimum atomic E-state index is 0.379. The molecule has 5 heteroatoms. The van der Waals surface area contributed by atoms with Gasteiger partial charge in [-0.3, -0.25) is 0 Å². The van der Waals surface area contributed by atoms with E-state index >= 15 is 0 Å². The second kappa shape index (κ2) is 22.2. The molecule has 5 nitrogen and oxygen atoms in total. The minimum absolute atomic E-state index is 0.379. The van der Waals surface area contributed by atoms with E-state index in [2.05, 4.69) is 104 Å². The summed E-state index contributed by atoms with van der Waals surface area (Å²) in [5.41, 5.74) is 3.61. The van der Waals surface area contributed by atoms with Crippen LogP contribution in [0.25, 0.3) is 0 Å². The molecule has 0 saturated heterocycles. The minimum Gasteiger partial charge on any atom is -0.303 e. The van der Waals surface area contributed by atoms with Gasteiger partial charge in [0.25, 0.3) is 0 Å². The third-order valence-electron chi connectivity index (χ3n) is 18.3. The van der Waals surface area contributed by atoms with Gasteiger partial charge >= 0.3 is 0 Å². The van der Waals surface area contributed by atoms with Crippen molar-refractivity contribution >= 4 is 31.4 Å². The van der Waals surface area contributed by atoms with Crippen LogP contribution in [0, 0.1) is 97.1 Å². The molecule has 7 saturated carbocycles. The van der Waals surface area contributed by atoms with Crippen LogP contribution >= 0.6 is 0 Å². The Morgan fingerprint density at radius 3 is 0.903 bits per heavy atom. The average Bonchev–Trinajstić information content (AvgIpc) is 3.84. The smallest absolute Gasteiger partial charge is 0.123 e. The van der Waals surface area contributed by atoms with Crippen molar-refractivity contribution in [1.29, 1.82) is 0 Å². The van der Waals surface area contributed by atoms with Gasteiger partial charge in [0.2, 0.25) is 0 Å². The summed E-state index contributed by atoms with van der Waals surface area (Å²) in [7, 11) is 0. The lowest BCUT2D eigenvalue weighted by molar-refractivity contribution is -0.110. The number of aldehydes is 5. The van der Waals surface area contributed by atoms with Gasteiger partial charge in [-0.2, -0.15) is 0 Å². The molecule has 7 aliphatic rings. The van der Waals surface area contributed by atoms with Crippen molar-refractivity contribution in [2.45, 2.75) is 232 Å². The maximum absolute atomic E-state index is 10.6. The van der Waals surface area contributed by atoms with Crippen molar-refractivity contribution in [3.63, 3.8) is 0 Å². The van der Waals surface area contributed by atoms with Crippen molar-refractivity contribution in [3.05, 3.63) is 0 Å². The van der Waals surface area contributed by atoms with Gasteiger partial charge in [0, 0.05) is 30.6 Å². The Hall–Kier alpha value is -1.65. The largest absolute Gasteiger partial charge is 0.303 e. The molecule has 62 heavy (non-hydrogen) atoms. The first-order valence-corrected chi connectivity index (χ1v) is 25.9. The Balaban J connectivity index is 0.000000207. The molecule has 7 aliphatic carbocycles. The van der Waals surface area contributed by atoms with Gasteiger partial charge in [0.15, 0.2) is 0 Å². The summed E-state index contributed by atoms with van der Waals surface area (Å²) in [4.78, 5) is 52.0. The highest BCUT2D eigenvalue weighted by Crippen LogP contribution is 2.61. The predicted molar refractivity (Wildman–Crippen MR) is 260 cm³/mol. The number of rotatable bonds is 23. The summed E-state index contributed by atoms with van der Waals surface area (Å²) in [6, 6.07) is 0. The number of carbonyl (C=O) groups excluding carboxylic acids is 5. The summed E-state index contributed by atoms with van der Waals surface area (Å²) in [6.45, 7) is 34.4. The maximum Gasteiger partial charge on any atom is 0.123 e. The molecule has 12 atom stereocenters. The molecule has 7 rings (SSSR count). The van der Waals surface area contributed by atoms with E-state index in [4.69, 9.17) is 0 Å². The van der Waals surface area contributed by atoms with Crippen LogP contribution < -0.4 is 0 Å². The highest BCUT2D eigenvalue weighted by Gasteiger charge is 2.54. The molecule has 0 aliphatic heterocycles. The van der Waals surface area contributed by atoms with Crippen LogP contribution in [-0.2, 0) is 24.0 Å². The van der Waals surface area contributed by atoms with Crippen molar-refractivity contribution in [1.82, 2.24) is 0 Å². The van der Waals surface area contributed by atoms with Gasteiger partial charge in [-0.15, -0.1) is 0 Å². The maximum atomic E-state index is 10.6. The van der Waals surface area contributed by atoms with Crippen LogP contribution in [0.4, 0.5) is 0 Å². The lowest BCUT2D eigenvalue weighted by atomic mass is 9.96. The Morgan fingerprint density at radius 2 is 0.677 bits per heavy atom. The van der Waals surface area contributed by atoms with Gasteiger partial charge < -0.3 is 24.0 Å². The van der Waals surface area contributed by atoms with E-state index in [-0.39, 0.29) is 0 Å². The first kappa shape index (κ1) is 54.7. The number of carbonyl (C=O) groups is 5. The molecule has 0 bridgehead atoms. The van der Waals surface area contributed by atoms with Crippen molar-refractivity contribution < 1.29 is 24.0 Å². The second-order valence-electron chi connectivity index (χ2n) is 26.9. The Labute approximate surface area is 383 Å². The average molecular weight is 865 g/mol. The van der Waals surface area contributed by atoms with Crippen LogP contribution in [0.2, 0.25) is 0 Å². The second-order valence-corrected chi connectivity index (χ2v) is 26.9. The van der Waals surface area contributed by atoms with Crippen LogP contribution in [0.3, 0.4) is 0 Å². The normalized spacial score (nSPS) is 36.6. The third kappa shape index (κ3) is 18.3. The predicted octanol–water partition coefficient (Wildman–Crippen LogP) is 15.2. The highest BCUT2D eigenvalue weighted by molar-refractivity contribution is 5.60. The molecule has 0 radical (unpaired) electrons. The van der Waals surface area contributed by atoms with Crippen molar-refractivity contribution in [2.75, 3.05) is 0 Å². The number of hydrogen-bond acceptors (Lipinski definition) is 5. The summed E-state index contributed by atoms with van der Waals surface area (Å²) in [6.07, 6.45) is 30.2. The van der Waals surface area contributed by atoms with E-state index in [1.807, 2.05) is 0 Å². The van der Waals surface area contributed by atoms with Gasteiger partial charge in [0.05, 0.1) is 0 Å². The molecule has 0 N–H and O–H groups in total. The standard InChI is InChI=1S/2C12H20O.3C11H20O/c2*1-11(2)6-9(11)4-5-12(3)7-10(12)8-13;2*1-9(6-7-12)4-5-10-8-11(10,2)3;1-9(2)5-4-6-11(3)7-10(11)8-12/h2*8-10H,4-7H2,1-3H3;2*7,9-10H,4-6,8H2,1-3H3;8-10H,4-7H2,1-3H3/t9-,10-,12+;9-,10-,12-;2*9?,10-;10-,11+/m00101/s1. The molecule has 358 valence electrons. The quantitative estimate of drug-likeness (QED) is 0.0955. The summed E-state index contributed by atoms with van der Waals surface area (Å²) >= 11 is 0. The van der Waals surface area contributed by atoms with E-state index in [1.54, 1.807) is 0 Å². The van der Waals surface area contributed by atoms with Gasteiger partial charge in [0.1, 0.15) is 31.4 Å². The van der Waals surface area contributed by atoms with E-state index in [9.17, 15) is 24.0 Å². The molecule has 2 unspecified atom stereocenters. The summed E-state index contributed by atoms with van der Waals surface area (Å²) in [5, 5.41) is 0. The lowest BCUT2D eigenvalue weighted by Gasteiger charge is -2.09. The third-order valence-corrected chi connectivity index (χ3v) is 18.3. The lowest BCUT2D eigenvalue weighted by Crippen LogP contribution is -2.01. The van der Waals surface area contributed by atoms with Crippen LogP contribution in [0.1, 0.15) is 232 Å². The molecule has 0 spiro atoms. The highest BCUT2D eigenvalue weighted by atomic mass is 16.1. The fourth-order valence-electron chi connectivity index (χ4n) is 10.6. The summed E-state index contributed by atoms with van der Waals surface area (Å²) < 4.78 is 0. The molecular formula is C57H100O5. The topological polar surface area (TPSA) is 85.3 Å². The molecule has 7 fully saturated rings. The van der Waals surface area contributed by atoms with Gasteiger partial charge in [-0.05, 0) is 169 Å². The zero-order valence-corrected chi connectivity index (χ0v) is 43.3. The Morgan fingerprint density at radius 1 is 0.403 bits per heavy atom. The Bertz CT molecular complexity index is 1350. The molecule has 0 aromatic carbocycles. The Kier molecular flexibility index (Phi) is 19.6. The van der Waals surface area contributed by atoms with Gasteiger partial charge in [-0.1, -0.05) is 130 Å². The molecule has 0 amide bonds. The molecule has 0 aromatic rings. The zero-order valence-electron chi connectivity index (χ0n) is 43.3. The fraction of sp³-hybridized carbons (Fsp3) is 0.912. The van der Waals surface area contributed by atoms with Gasteiger partial charge in [-0.25, -0.2) is 0 Å².